The van der Waals surface area contributed by atoms with Gasteiger partial charge in [0.1, 0.15) is 18.1 Å². The van der Waals surface area contributed by atoms with Gasteiger partial charge in [0, 0.05) is 32.7 Å². The summed E-state index contributed by atoms with van der Waals surface area (Å²) in [5.41, 5.74) is 2.94. The molecule has 1 saturated carbocycles. The Balaban J connectivity index is 1.41. The zero-order chi connectivity index (χ0) is 27.1. The van der Waals surface area contributed by atoms with E-state index in [0.717, 1.165) is 75.1 Å². The van der Waals surface area contributed by atoms with Crippen LogP contribution >= 0.6 is 0 Å². The Morgan fingerprint density at radius 2 is 1.76 bits per heavy atom. The molecule has 0 spiro atoms. The fourth-order valence-electron chi connectivity index (χ4n) is 5.56. The summed E-state index contributed by atoms with van der Waals surface area (Å²) in [7, 11) is 1.61. The van der Waals surface area contributed by atoms with Crippen LogP contribution in [0.5, 0.6) is 11.5 Å². The molecule has 1 heterocycles. The first-order valence-corrected chi connectivity index (χ1v) is 13.4. The Bertz CT molecular complexity index is 1080. The van der Waals surface area contributed by atoms with E-state index in [-0.39, 0.29) is 18.9 Å². The molecule has 0 bridgehead atoms. The zero-order valence-corrected chi connectivity index (χ0v) is 21.9. The fourth-order valence-corrected chi connectivity index (χ4v) is 5.56. The van der Waals surface area contributed by atoms with Gasteiger partial charge in [0.05, 0.1) is 25.6 Å². The van der Waals surface area contributed by atoms with E-state index >= 15 is 0 Å². The number of benzene rings is 2. The summed E-state index contributed by atoms with van der Waals surface area (Å²) >= 11 is 0. The second-order valence-corrected chi connectivity index (χ2v) is 10.3. The van der Waals surface area contributed by atoms with Gasteiger partial charge in [-0.15, -0.1) is 0 Å². The highest BCUT2D eigenvalue weighted by atomic mass is 19.4. The minimum atomic E-state index is -4.27. The van der Waals surface area contributed by atoms with Crippen LogP contribution in [0.25, 0.3) is 0 Å². The molecule has 2 aromatic carbocycles. The van der Waals surface area contributed by atoms with Crippen LogP contribution in [0.3, 0.4) is 0 Å². The topological polar surface area (TPSA) is 62.2 Å². The molecule has 0 aromatic heterocycles. The summed E-state index contributed by atoms with van der Waals surface area (Å²) in [4.78, 5) is 15.2. The highest BCUT2D eigenvalue weighted by Crippen LogP contribution is 2.38. The lowest BCUT2D eigenvalue weighted by Gasteiger charge is -2.36. The van der Waals surface area contributed by atoms with Crippen LogP contribution in [0, 0.1) is 0 Å². The molecule has 2 fully saturated rings. The minimum absolute atomic E-state index is 0.138. The number of aliphatic carboxylic acids is 1. The molecule has 1 N–H and O–H groups in total. The number of hydrogen-bond acceptors (Lipinski definition) is 5. The molecule has 9 heteroatoms. The maximum atomic E-state index is 13.4. The van der Waals surface area contributed by atoms with Crippen molar-refractivity contribution in [1.82, 2.24) is 4.90 Å². The lowest BCUT2D eigenvalue weighted by molar-refractivity contribution is -0.137. The number of carboxylic acids is 1. The number of piperazine rings is 1. The molecule has 208 valence electrons. The van der Waals surface area contributed by atoms with Crippen LogP contribution in [0.15, 0.2) is 36.4 Å². The van der Waals surface area contributed by atoms with Gasteiger partial charge in [-0.3, -0.25) is 9.69 Å². The summed E-state index contributed by atoms with van der Waals surface area (Å²) in [6, 6.07) is 11.0. The third-order valence-corrected chi connectivity index (χ3v) is 7.55. The van der Waals surface area contributed by atoms with Crippen LogP contribution in [0.2, 0.25) is 0 Å². The van der Waals surface area contributed by atoms with Gasteiger partial charge in [-0.05, 0) is 59.7 Å². The Labute approximate surface area is 222 Å². The molecule has 1 aliphatic carbocycles. The largest absolute Gasteiger partial charge is 0.495 e. The highest BCUT2D eigenvalue weighted by Gasteiger charge is 2.31. The maximum Gasteiger partial charge on any atom is 0.393 e. The molecular formula is C29H37F3N2O4. The summed E-state index contributed by atoms with van der Waals surface area (Å²) in [5, 5.41) is 8.90. The number of anilines is 1. The molecule has 0 atom stereocenters. The molecule has 1 aliphatic heterocycles. The minimum Gasteiger partial charge on any atom is -0.495 e. The van der Waals surface area contributed by atoms with Crippen LogP contribution in [-0.2, 0) is 17.8 Å². The average molecular weight is 535 g/mol. The lowest BCUT2D eigenvalue weighted by Crippen LogP contribution is -2.47. The second-order valence-electron chi connectivity index (χ2n) is 10.3. The molecule has 6 nitrogen and oxygen atoms in total. The number of rotatable bonds is 10. The molecule has 2 aliphatic rings. The number of ether oxygens (including phenoxy) is 2. The van der Waals surface area contributed by atoms with Crippen LogP contribution < -0.4 is 14.4 Å². The number of nitrogens with zero attached hydrogens (tertiary/aromatic N) is 2. The Morgan fingerprint density at radius 3 is 2.42 bits per heavy atom. The van der Waals surface area contributed by atoms with E-state index in [1.165, 1.54) is 0 Å². The number of carboxylic acid groups (broad SMARTS) is 1. The van der Waals surface area contributed by atoms with Crippen LogP contribution in [0.4, 0.5) is 18.9 Å². The van der Waals surface area contributed by atoms with E-state index in [1.807, 2.05) is 24.3 Å². The van der Waals surface area contributed by atoms with Crippen molar-refractivity contribution >= 4 is 11.7 Å². The zero-order valence-electron chi connectivity index (χ0n) is 21.9. The molecule has 38 heavy (non-hydrogen) atoms. The number of alkyl halides is 3. The molecule has 0 radical (unpaired) electrons. The van der Waals surface area contributed by atoms with Crippen molar-refractivity contribution in [1.29, 1.82) is 0 Å². The number of carbonyl (C=O) groups is 1. The van der Waals surface area contributed by atoms with E-state index in [9.17, 15) is 18.0 Å². The molecular weight excluding hydrogens is 497 g/mol. The van der Waals surface area contributed by atoms with Gasteiger partial charge in [-0.2, -0.15) is 13.2 Å². The summed E-state index contributed by atoms with van der Waals surface area (Å²) in [5.74, 6) is 0.537. The van der Waals surface area contributed by atoms with Crippen molar-refractivity contribution in [3.8, 4) is 11.5 Å². The second kappa shape index (κ2) is 12.7. The van der Waals surface area contributed by atoms with E-state index in [4.69, 9.17) is 14.6 Å². The number of methoxy groups -OCH3 is 1. The monoisotopic (exact) mass is 534 g/mol. The van der Waals surface area contributed by atoms with Crippen molar-refractivity contribution in [3.63, 3.8) is 0 Å². The smallest absolute Gasteiger partial charge is 0.393 e. The normalized spacial score (nSPS) is 17.4. The molecule has 1 saturated heterocycles. The first kappa shape index (κ1) is 28.1. The van der Waals surface area contributed by atoms with Gasteiger partial charge in [0.25, 0.3) is 0 Å². The Morgan fingerprint density at radius 1 is 1.03 bits per heavy atom. The SMILES string of the molecule is COc1cc(COc2ccc(C3CCCCC3)c(CC(F)(F)F)c2)ccc1N1CCN(CCC(=O)O)CC1. The average Bonchev–Trinajstić information content (AvgIpc) is 2.90. The maximum absolute atomic E-state index is 13.4. The van der Waals surface area contributed by atoms with Gasteiger partial charge in [0.2, 0.25) is 0 Å². The highest BCUT2D eigenvalue weighted by molar-refractivity contribution is 5.66. The van der Waals surface area contributed by atoms with E-state index < -0.39 is 18.6 Å². The number of halogens is 3. The third kappa shape index (κ3) is 7.79. The Kier molecular flexibility index (Phi) is 9.41. The van der Waals surface area contributed by atoms with Gasteiger partial charge in [-0.25, -0.2) is 0 Å². The van der Waals surface area contributed by atoms with Crippen molar-refractivity contribution in [2.75, 3.05) is 44.7 Å². The quantitative estimate of drug-likeness (QED) is 0.402. The summed E-state index contributed by atoms with van der Waals surface area (Å²) < 4.78 is 51.6. The lowest BCUT2D eigenvalue weighted by atomic mass is 9.81. The molecule has 4 rings (SSSR count). The number of hydrogen-bond donors (Lipinski definition) is 1. The molecule has 0 unspecified atom stereocenters. The summed E-state index contributed by atoms with van der Waals surface area (Å²) in [6.07, 6.45) is 0.0775. The van der Waals surface area contributed by atoms with Crippen molar-refractivity contribution < 1.29 is 32.5 Å². The molecule has 0 amide bonds. The predicted octanol–water partition coefficient (Wildman–Crippen LogP) is 6.02. The van der Waals surface area contributed by atoms with E-state index in [0.29, 0.717) is 23.6 Å². The third-order valence-electron chi connectivity index (χ3n) is 7.55. The van der Waals surface area contributed by atoms with E-state index in [1.54, 1.807) is 19.2 Å². The van der Waals surface area contributed by atoms with Crippen LogP contribution in [0.1, 0.15) is 61.1 Å². The standard InChI is InChI=1S/C29H37F3N2O4/c1-37-27-17-21(7-10-26(27)34-15-13-33(14-16-34)12-11-28(35)36)20-38-24-8-9-25(22-5-3-2-4-6-22)23(18-24)19-29(30,31)32/h7-10,17-18,22H,2-6,11-16,19-20H2,1H3,(H,35,36). The van der Waals surface area contributed by atoms with Crippen molar-refractivity contribution in [3.05, 3.63) is 53.1 Å². The fraction of sp³-hybridized carbons (Fsp3) is 0.552. The van der Waals surface area contributed by atoms with Gasteiger partial charge < -0.3 is 19.5 Å². The van der Waals surface area contributed by atoms with Gasteiger partial charge in [-0.1, -0.05) is 31.4 Å². The van der Waals surface area contributed by atoms with Crippen molar-refractivity contribution in [2.45, 2.75) is 63.6 Å². The first-order valence-electron chi connectivity index (χ1n) is 13.4. The summed E-state index contributed by atoms with van der Waals surface area (Å²) in [6.45, 7) is 3.84. The van der Waals surface area contributed by atoms with Gasteiger partial charge >= 0.3 is 12.1 Å². The Hall–Kier alpha value is -2.94. The van der Waals surface area contributed by atoms with Gasteiger partial charge in [0.15, 0.2) is 0 Å². The van der Waals surface area contributed by atoms with Crippen molar-refractivity contribution in [2.24, 2.45) is 0 Å². The van der Waals surface area contributed by atoms with Crippen LogP contribution in [-0.4, -0.2) is 62.0 Å². The van der Waals surface area contributed by atoms with E-state index in [2.05, 4.69) is 9.80 Å². The molecule has 2 aromatic rings. The predicted molar refractivity (Wildman–Crippen MR) is 140 cm³/mol. The first-order chi connectivity index (χ1) is 18.2.